The number of aliphatic hydroxyl groups excluding tert-OH is 1. The number of hydrogen-bond acceptors (Lipinski definition) is 16. The van der Waals surface area contributed by atoms with Gasteiger partial charge in [0.25, 0.3) is 0 Å². The van der Waals surface area contributed by atoms with Crippen molar-refractivity contribution in [3.05, 3.63) is 17.8 Å². The Labute approximate surface area is 215 Å². The second kappa shape index (κ2) is 10.2. The first-order valence-electron chi connectivity index (χ1n) is 12.2. The smallest absolute Gasteiger partial charge is 0.161 e. The van der Waals surface area contributed by atoms with Crippen molar-refractivity contribution in [3.63, 3.8) is 0 Å². The van der Waals surface area contributed by atoms with Crippen LogP contribution in [0.15, 0.2) is 22.8 Å². The number of amidine groups is 1. The summed E-state index contributed by atoms with van der Waals surface area (Å²) in [7, 11) is -0.00707. The Morgan fingerprint density at radius 1 is 1.11 bits per heavy atom. The van der Waals surface area contributed by atoms with E-state index in [2.05, 4.69) is 40.9 Å². The largest absolute Gasteiger partial charge is 0.394 e. The van der Waals surface area contributed by atoms with Crippen molar-refractivity contribution in [1.82, 2.24) is 30.6 Å². The minimum Gasteiger partial charge on any atom is -0.394 e. The molecule has 1 aromatic rings. The van der Waals surface area contributed by atoms with Gasteiger partial charge in [0.15, 0.2) is 11.6 Å². The number of rotatable bonds is 8. The summed E-state index contributed by atoms with van der Waals surface area (Å²) in [5, 5.41) is 23.0. The standard InChI is InChI=1S/C20H33N12O4P/c21-9-1-13(31-7-28-15-17(22)24-5-26-19(15)31)36-12(9)4-34-37-30-10-2-14(35-11(10)3-33)32-8-29-16-18(23)25-6-27-20(16)32/h6,9-14,26,28-30,33,37H,1-5,7-8,21H2,(H2,22,24)(H2,23,25,27)/t9-,10?,11-,12-,13-,14-/m1/s1. The molecule has 16 nitrogen and oxygen atoms in total. The Hall–Kier alpha value is -2.72. The van der Waals surface area contributed by atoms with Gasteiger partial charge in [-0.25, -0.2) is 15.0 Å². The third-order valence-electron chi connectivity index (χ3n) is 7.22. The molecule has 0 amide bonds. The quantitative estimate of drug-likeness (QED) is 0.125. The lowest BCUT2D eigenvalue weighted by Crippen LogP contribution is -2.40. The molecule has 2 fully saturated rings. The molecule has 7 atom stereocenters. The summed E-state index contributed by atoms with van der Waals surface area (Å²) in [6, 6.07) is -0.247. The molecule has 202 valence electrons. The van der Waals surface area contributed by atoms with E-state index in [1.165, 1.54) is 6.33 Å². The first kappa shape index (κ1) is 24.6. The summed E-state index contributed by atoms with van der Waals surface area (Å²) >= 11 is 0. The summed E-state index contributed by atoms with van der Waals surface area (Å²) in [6.07, 6.45) is 1.69. The summed E-state index contributed by atoms with van der Waals surface area (Å²) in [6.45, 7) is 1.76. The van der Waals surface area contributed by atoms with Crippen molar-refractivity contribution in [2.45, 2.75) is 49.6 Å². The van der Waals surface area contributed by atoms with E-state index in [0.29, 0.717) is 62.6 Å². The monoisotopic (exact) mass is 536 g/mol. The van der Waals surface area contributed by atoms with E-state index < -0.39 is 0 Å². The Morgan fingerprint density at radius 2 is 1.92 bits per heavy atom. The van der Waals surface area contributed by atoms with Crippen LogP contribution in [0.4, 0.5) is 17.3 Å². The SMILES string of the molecule is NC1=NCNC2=C1NCN2[C@H]1C[C@@H](N)[C@@H](COPNC2C[C@H](N3CNc4c(N)ncnc43)O[C@@H]2CO)O1. The Bertz CT molecular complexity index is 1080. The first-order valence-corrected chi connectivity index (χ1v) is 13.1. The van der Waals surface area contributed by atoms with Gasteiger partial charge in [0.05, 0.1) is 47.7 Å². The molecule has 5 aliphatic rings. The zero-order valence-corrected chi connectivity index (χ0v) is 21.1. The van der Waals surface area contributed by atoms with Crippen LogP contribution in [0, 0.1) is 0 Å². The average Bonchev–Trinajstić information content (AvgIpc) is 3.67. The van der Waals surface area contributed by atoms with Gasteiger partial charge in [0, 0.05) is 24.9 Å². The van der Waals surface area contributed by atoms with E-state index in [1.54, 1.807) is 0 Å². The predicted molar refractivity (Wildman–Crippen MR) is 137 cm³/mol. The average molecular weight is 537 g/mol. The van der Waals surface area contributed by atoms with Crippen LogP contribution in [-0.4, -0.2) is 95.8 Å². The maximum absolute atomic E-state index is 9.88. The molecule has 0 saturated carbocycles. The van der Waals surface area contributed by atoms with E-state index in [0.717, 1.165) is 11.5 Å². The second-order valence-electron chi connectivity index (χ2n) is 9.41. The fraction of sp³-hybridized carbons (Fsp3) is 0.650. The number of hydrogen-bond donors (Lipinski definition) is 8. The van der Waals surface area contributed by atoms with Crippen LogP contribution in [0.2, 0.25) is 0 Å². The zero-order valence-electron chi connectivity index (χ0n) is 20.1. The number of fused-ring (bicyclic) bond motifs is 1. The predicted octanol–water partition coefficient (Wildman–Crippen LogP) is -2.77. The van der Waals surface area contributed by atoms with E-state index in [9.17, 15) is 5.11 Å². The van der Waals surface area contributed by atoms with Crippen LogP contribution in [0.5, 0.6) is 0 Å². The highest BCUT2D eigenvalue weighted by Gasteiger charge is 2.42. The van der Waals surface area contributed by atoms with Gasteiger partial charge in [-0.15, -0.1) is 0 Å². The fourth-order valence-corrected chi connectivity index (χ4v) is 6.03. The van der Waals surface area contributed by atoms with E-state index >= 15 is 0 Å². The summed E-state index contributed by atoms with van der Waals surface area (Å²) in [4.78, 5) is 16.6. The molecule has 0 spiro atoms. The van der Waals surface area contributed by atoms with E-state index in [-0.39, 0.29) is 52.3 Å². The van der Waals surface area contributed by atoms with Crippen LogP contribution in [0.25, 0.3) is 0 Å². The number of aliphatic hydroxyl groups is 1. The van der Waals surface area contributed by atoms with Gasteiger partial charge in [0.2, 0.25) is 0 Å². The van der Waals surface area contributed by atoms with E-state index in [4.69, 9.17) is 31.2 Å². The molecule has 2 unspecified atom stereocenters. The van der Waals surface area contributed by atoms with Gasteiger partial charge in [-0.2, -0.15) is 0 Å². The molecule has 37 heavy (non-hydrogen) atoms. The lowest BCUT2D eigenvalue weighted by molar-refractivity contribution is -0.0516. The van der Waals surface area contributed by atoms with Gasteiger partial charge >= 0.3 is 0 Å². The number of nitrogens with zero attached hydrogens (tertiary/aromatic N) is 5. The number of nitrogens with two attached hydrogens (primary N) is 3. The van der Waals surface area contributed by atoms with Crippen molar-refractivity contribution in [2.24, 2.45) is 16.5 Å². The van der Waals surface area contributed by atoms with Crippen LogP contribution in [-0.2, 0) is 14.0 Å². The number of anilines is 3. The van der Waals surface area contributed by atoms with Crippen LogP contribution in [0.3, 0.4) is 0 Å². The number of aromatic nitrogens is 2. The normalized spacial score (nSPS) is 33.0. The highest BCUT2D eigenvalue weighted by molar-refractivity contribution is 7.29. The number of nitrogens with one attached hydrogen (secondary N) is 4. The van der Waals surface area contributed by atoms with Crippen molar-refractivity contribution in [1.29, 1.82) is 0 Å². The topological polar surface area (TPSA) is 219 Å². The number of nitrogen functional groups attached to an aromatic ring is 1. The maximum Gasteiger partial charge on any atom is 0.161 e. The van der Waals surface area contributed by atoms with Gasteiger partial charge in [0.1, 0.15) is 48.5 Å². The molecule has 0 radical (unpaired) electrons. The van der Waals surface area contributed by atoms with Gasteiger partial charge in [-0.05, 0) is 0 Å². The third-order valence-corrected chi connectivity index (χ3v) is 8.02. The van der Waals surface area contributed by atoms with Crippen LogP contribution < -0.4 is 43.1 Å². The van der Waals surface area contributed by atoms with Gasteiger partial charge < -0.3 is 62.1 Å². The third kappa shape index (κ3) is 4.58. The first-order chi connectivity index (χ1) is 18.0. The van der Waals surface area contributed by atoms with Gasteiger partial charge in [-0.1, -0.05) is 0 Å². The van der Waals surface area contributed by atoms with Crippen molar-refractivity contribution < 1.29 is 19.1 Å². The summed E-state index contributed by atoms with van der Waals surface area (Å²) in [5.74, 6) is 2.48. The molecular weight excluding hydrogens is 503 g/mol. The van der Waals surface area contributed by atoms with Crippen molar-refractivity contribution in [3.8, 4) is 0 Å². The number of aliphatic imine (C=N–C) groups is 1. The van der Waals surface area contributed by atoms with Crippen molar-refractivity contribution in [2.75, 3.05) is 49.2 Å². The Balaban J connectivity index is 0.983. The molecule has 6 rings (SSSR count). The lowest BCUT2D eigenvalue weighted by atomic mass is 10.1. The Kier molecular flexibility index (Phi) is 6.79. The molecular formula is C20H33N12O4P. The Morgan fingerprint density at radius 3 is 2.78 bits per heavy atom. The minimum absolute atomic E-state index is 0.00707. The van der Waals surface area contributed by atoms with Crippen molar-refractivity contribution >= 4 is 32.1 Å². The molecule has 0 aliphatic carbocycles. The van der Waals surface area contributed by atoms with Crippen LogP contribution in [0.1, 0.15) is 12.8 Å². The molecule has 11 N–H and O–H groups in total. The fourth-order valence-electron chi connectivity index (χ4n) is 5.24. The molecule has 6 heterocycles. The minimum atomic E-state index is -0.372. The van der Waals surface area contributed by atoms with Crippen LogP contribution >= 0.6 is 8.96 Å². The molecule has 1 aromatic heterocycles. The molecule has 0 aromatic carbocycles. The maximum atomic E-state index is 9.88. The molecule has 0 bridgehead atoms. The molecule has 17 heteroatoms. The highest BCUT2D eigenvalue weighted by Crippen LogP contribution is 2.37. The second-order valence-corrected chi connectivity index (χ2v) is 10.2. The molecule has 2 saturated heterocycles. The lowest BCUT2D eigenvalue weighted by Gasteiger charge is -2.28. The number of ether oxygens (including phenoxy) is 2. The summed E-state index contributed by atoms with van der Waals surface area (Å²) in [5.41, 5.74) is 19.8. The highest BCUT2D eigenvalue weighted by atomic mass is 31.1. The van der Waals surface area contributed by atoms with Gasteiger partial charge in [-0.3, -0.25) is 5.09 Å². The zero-order chi connectivity index (χ0) is 25.5. The summed E-state index contributed by atoms with van der Waals surface area (Å²) < 4.78 is 18.3. The molecule has 5 aliphatic heterocycles. The van der Waals surface area contributed by atoms with E-state index in [1.807, 2.05) is 4.90 Å².